The molecule has 1 fully saturated rings. The topological polar surface area (TPSA) is 314 Å². The molecule has 0 bridgehead atoms. The number of nitrogens with zero attached hydrogens (tertiary/aromatic N) is 1. The van der Waals surface area contributed by atoms with Crippen LogP contribution < -0.4 is 38.5 Å². The zero-order chi connectivity index (χ0) is 38.6. The van der Waals surface area contributed by atoms with E-state index in [0.717, 1.165) is 32.1 Å². The molecule has 4 unspecified atom stereocenters. The fourth-order valence-electron chi connectivity index (χ4n) is 5.69. The number of carbonyl (C=O) groups is 6. The van der Waals surface area contributed by atoms with E-state index in [2.05, 4.69) is 32.8 Å². The predicted molar refractivity (Wildman–Crippen MR) is 191 cm³/mol. The molecule has 0 heterocycles. The Hall–Kier alpha value is -5.68. The molecule has 4 amide bonds. The molecule has 4 atom stereocenters. The summed E-state index contributed by atoms with van der Waals surface area (Å²) >= 11 is 0. The van der Waals surface area contributed by atoms with Crippen molar-refractivity contribution >= 4 is 47.5 Å². The van der Waals surface area contributed by atoms with Crippen LogP contribution in [0.4, 0.5) is 4.79 Å². The quantitative estimate of drug-likeness (QED) is 0.0332. The molecule has 18 nitrogen and oxygen atoms in total. The van der Waals surface area contributed by atoms with Gasteiger partial charge < -0.3 is 53.4 Å². The maximum Gasteiger partial charge on any atom is 0.408 e. The first kappa shape index (κ1) is 42.5. The number of aliphatic carboxylic acids is 2. The fourth-order valence-corrected chi connectivity index (χ4v) is 5.69. The summed E-state index contributed by atoms with van der Waals surface area (Å²) in [6, 6.07) is 0.939. The molecule has 18 heteroatoms. The average Bonchev–Trinajstić information content (AvgIpc) is 3.09. The average molecular weight is 730 g/mol. The van der Waals surface area contributed by atoms with E-state index in [9.17, 15) is 39.0 Å². The summed E-state index contributed by atoms with van der Waals surface area (Å²) in [6.45, 7) is 3.40. The lowest BCUT2D eigenvalue weighted by atomic mass is 9.84. The van der Waals surface area contributed by atoms with E-state index in [-0.39, 0.29) is 56.5 Å². The molecule has 13 N–H and O–H groups in total. The number of nitrogens with two attached hydrogens (primary N) is 3. The number of hydrogen-bond acceptors (Lipinski definition) is 9. The summed E-state index contributed by atoms with van der Waals surface area (Å²) in [7, 11) is 0. The van der Waals surface area contributed by atoms with Gasteiger partial charge in [0.2, 0.25) is 17.7 Å². The molecule has 0 aromatic heterocycles. The van der Waals surface area contributed by atoms with Crippen molar-refractivity contribution in [2.45, 2.75) is 94.8 Å². The number of rotatable bonds is 22. The van der Waals surface area contributed by atoms with E-state index in [4.69, 9.17) is 27.3 Å². The van der Waals surface area contributed by atoms with Crippen molar-refractivity contribution in [1.29, 1.82) is 5.41 Å². The van der Waals surface area contributed by atoms with Gasteiger partial charge in [0.05, 0.1) is 0 Å². The first-order valence-electron chi connectivity index (χ1n) is 17.1. The standard InChI is InChI=1S/C34H51N9O9/c1-2-17-52-34(51)43-25(18-21-10-12-22(13-11-21)28(35)36)31(48)41-24(14-15-27(44)45)30(47)40-23(9-6-16-39-33(37)38)29(46)42-26(32(49)50)19-20-7-4-3-5-8-20/h2,10-13,20,23-26H,1,3-9,14-19H2,(H3,35,36)(H,40,47)(H,41,48)(H,42,46)(H,43,51)(H,44,45)(H,49,50)(H4,37,38,39). The first-order chi connectivity index (χ1) is 24.7. The lowest BCUT2D eigenvalue weighted by Crippen LogP contribution is -2.58. The Morgan fingerprint density at radius 2 is 1.44 bits per heavy atom. The van der Waals surface area contributed by atoms with Crippen LogP contribution in [0.1, 0.15) is 75.3 Å². The molecule has 286 valence electrons. The van der Waals surface area contributed by atoms with Crippen LogP contribution in [0.3, 0.4) is 0 Å². The number of amides is 4. The first-order valence-corrected chi connectivity index (χ1v) is 17.1. The summed E-state index contributed by atoms with van der Waals surface area (Å²) in [5, 5.41) is 36.9. The molecular weight excluding hydrogens is 678 g/mol. The van der Waals surface area contributed by atoms with Crippen LogP contribution in [0.5, 0.6) is 0 Å². The number of guanidine groups is 1. The number of benzene rings is 1. The third kappa shape index (κ3) is 15.9. The molecule has 1 aromatic rings. The van der Waals surface area contributed by atoms with E-state index in [1.54, 1.807) is 24.3 Å². The van der Waals surface area contributed by atoms with Gasteiger partial charge in [-0.25, -0.2) is 9.59 Å². The Kier molecular flexibility index (Phi) is 18.1. The zero-order valence-electron chi connectivity index (χ0n) is 29.1. The Morgan fingerprint density at radius 1 is 0.865 bits per heavy atom. The SMILES string of the molecule is C=CCOC(=O)NC(Cc1ccc(C(=N)N)cc1)C(=O)NC(CCC(=O)O)C(=O)NC(CCCN=C(N)N)C(=O)NC(CC1CCCCC1)C(=O)O. The lowest BCUT2D eigenvalue weighted by Gasteiger charge is -2.28. The van der Waals surface area contributed by atoms with Crippen molar-refractivity contribution in [3.8, 4) is 0 Å². The van der Waals surface area contributed by atoms with E-state index in [0.29, 0.717) is 11.1 Å². The van der Waals surface area contributed by atoms with E-state index >= 15 is 0 Å². The Morgan fingerprint density at radius 3 is 1.98 bits per heavy atom. The highest BCUT2D eigenvalue weighted by molar-refractivity contribution is 5.96. The minimum atomic E-state index is -1.50. The molecule has 1 aliphatic carbocycles. The van der Waals surface area contributed by atoms with Gasteiger partial charge in [-0.3, -0.25) is 29.6 Å². The van der Waals surface area contributed by atoms with E-state index in [1.807, 2.05) is 0 Å². The van der Waals surface area contributed by atoms with Gasteiger partial charge in [0.25, 0.3) is 0 Å². The highest BCUT2D eigenvalue weighted by atomic mass is 16.5. The summed E-state index contributed by atoms with van der Waals surface area (Å²) in [4.78, 5) is 80.8. The molecule has 0 spiro atoms. The molecule has 0 saturated heterocycles. The molecule has 1 aliphatic rings. The van der Waals surface area contributed by atoms with Gasteiger partial charge in [-0.2, -0.15) is 0 Å². The molecule has 2 rings (SSSR count). The monoisotopic (exact) mass is 729 g/mol. The van der Waals surface area contributed by atoms with Crippen LogP contribution in [-0.2, 0) is 35.1 Å². The number of alkyl carbamates (subject to hydrolysis) is 1. The van der Waals surface area contributed by atoms with Crippen molar-refractivity contribution < 1.29 is 43.7 Å². The number of amidine groups is 1. The minimum absolute atomic E-state index is 0.0285. The number of carboxylic acid groups (broad SMARTS) is 2. The van der Waals surface area contributed by atoms with Crippen molar-refractivity contribution in [2.24, 2.45) is 28.1 Å². The Balaban J connectivity index is 2.32. The predicted octanol–water partition coefficient (Wildman–Crippen LogP) is 0.222. The van der Waals surface area contributed by atoms with Crippen molar-refractivity contribution in [1.82, 2.24) is 21.3 Å². The number of carboxylic acids is 2. The number of ether oxygens (including phenoxy) is 1. The number of nitrogens with one attached hydrogen (secondary N) is 5. The number of nitrogen functional groups attached to an aromatic ring is 1. The van der Waals surface area contributed by atoms with Crippen molar-refractivity contribution in [2.75, 3.05) is 13.2 Å². The Labute approximate surface area is 301 Å². The fraction of sp³-hybridized carbons (Fsp3) is 0.529. The maximum absolute atomic E-state index is 13.7. The van der Waals surface area contributed by atoms with Crippen molar-refractivity contribution in [3.05, 3.63) is 48.0 Å². The normalized spacial score (nSPS) is 15.0. The number of carbonyl (C=O) groups excluding carboxylic acids is 4. The van der Waals surface area contributed by atoms with Crippen LogP contribution in [-0.4, -0.2) is 95.1 Å². The summed E-state index contributed by atoms with van der Waals surface area (Å²) < 4.78 is 4.97. The number of hydrogen-bond donors (Lipinski definition) is 10. The van der Waals surface area contributed by atoms with Crippen LogP contribution in [0.2, 0.25) is 0 Å². The van der Waals surface area contributed by atoms with Crippen LogP contribution >= 0.6 is 0 Å². The summed E-state index contributed by atoms with van der Waals surface area (Å²) in [6.07, 6.45) is 4.38. The molecule has 1 saturated carbocycles. The molecule has 0 radical (unpaired) electrons. The van der Waals surface area contributed by atoms with Gasteiger partial charge >= 0.3 is 18.0 Å². The second-order valence-electron chi connectivity index (χ2n) is 12.5. The van der Waals surface area contributed by atoms with Gasteiger partial charge in [0.1, 0.15) is 36.6 Å². The van der Waals surface area contributed by atoms with Crippen LogP contribution in [0, 0.1) is 11.3 Å². The summed E-state index contributed by atoms with van der Waals surface area (Å²) in [5.41, 5.74) is 17.3. The largest absolute Gasteiger partial charge is 0.481 e. The molecular formula is C34H51N9O9. The maximum atomic E-state index is 13.7. The molecule has 52 heavy (non-hydrogen) atoms. The number of aliphatic imine (C=N–C) groups is 1. The van der Waals surface area contributed by atoms with Gasteiger partial charge in [0, 0.05) is 24.9 Å². The zero-order valence-corrected chi connectivity index (χ0v) is 29.1. The Bertz CT molecular complexity index is 1440. The molecule has 0 aliphatic heterocycles. The smallest absolute Gasteiger partial charge is 0.408 e. The third-order valence-electron chi connectivity index (χ3n) is 8.41. The van der Waals surface area contributed by atoms with Crippen molar-refractivity contribution in [3.63, 3.8) is 0 Å². The van der Waals surface area contributed by atoms with Gasteiger partial charge in [-0.1, -0.05) is 69.0 Å². The van der Waals surface area contributed by atoms with Gasteiger partial charge in [-0.15, -0.1) is 0 Å². The molecule has 1 aromatic carbocycles. The highest BCUT2D eigenvalue weighted by Gasteiger charge is 2.33. The van der Waals surface area contributed by atoms with Gasteiger partial charge in [-0.05, 0) is 37.2 Å². The van der Waals surface area contributed by atoms with E-state index < -0.39 is 72.8 Å². The van der Waals surface area contributed by atoms with Crippen LogP contribution in [0.15, 0.2) is 41.9 Å². The summed E-state index contributed by atoms with van der Waals surface area (Å²) in [5.74, 6) is -5.32. The lowest BCUT2D eigenvalue weighted by molar-refractivity contribution is -0.143. The second kappa shape index (κ2) is 22.2. The van der Waals surface area contributed by atoms with E-state index in [1.165, 1.54) is 6.08 Å². The highest BCUT2D eigenvalue weighted by Crippen LogP contribution is 2.27. The van der Waals surface area contributed by atoms with Gasteiger partial charge in [0.15, 0.2) is 5.96 Å². The third-order valence-corrected chi connectivity index (χ3v) is 8.41. The minimum Gasteiger partial charge on any atom is -0.481 e. The second-order valence-corrected chi connectivity index (χ2v) is 12.5. The van der Waals surface area contributed by atoms with Crippen LogP contribution in [0.25, 0.3) is 0 Å².